The second-order valence-electron chi connectivity index (χ2n) is 7.48. The zero-order valence-electron chi connectivity index (χ0n) is 16.5. The highest BCUT2D eigenvalue weighted by Crippen LogP contribution is 2.65. The van der Waals surface area contributed by atoms with Crippen LogP contribution in [0.25, 0.3) is 0 Å². The first-order valence-electron chi connectivity index (χ1n) is 9.57. The maximum absolute atomic E-state index is 14.3. The first-order chi connectivity index (χ1) is 15.6. The number of hydrogen-bond donors (Lipinski definition) is 2. The van der Waals surface area contributed by atoms with Crippen molar-refractivity contribution in [2.24, 2.45) is 5.92 Å². The molecule has 10 heteroatoms. The van der Waals surface area contributed by atoms with Crippen LogP contribution in [0.1, 0.15) is 21.8 Å². The topological polar surface area (TPSA) is 58.2 Å². The van der Waals surface area contributed by atoms with Gasteiger partial charge >= 0.3 is 0 Å². The quantitative estimate of drug-likeness (QED) is 0.348. The number of anilines is 2. The summed E-state index contributed by atoms with van der Waals surface area (Å²) in [7, 11) is 0. The third-order valence-corrected chi connectivity index (χ3v) is 6.54. The highest BCUT2D eigenvalue weighted by atomic mass is 35.5. The third-order valence-electron chi connectivity index (χ3n) is 5.16. The molecule has 0 radical (unpaired) electrons. The molecule has 0 aliphatic heterocycles. The molecule has 0 spiro atoms. The van der Waals surface area contributed by atoms with Crippen LogP contribution in [0.15, 0.2) is 60.7 Å². The van der Waals surface area contributed by atoms with Crippen molar-refractivity contribution in [3.63, 3.8) is 0 Å². The number of alkyl halides is 2. The highest BCUT2D eigenvalue weighted by Gasteiger charge is 2.67. The number of rotatable bonds is 5. The molecule has 2 amide bonds. The van der Waals surface area contributed by atoms with Gasteiger partial charge in [0.15, 0.2) is 0 Å². The van der Waals surface area contributed by atoms with Gasteiger partial charge in [-0.15, -0.1) is 23.2 Å². The van der Waals surface area contributed by atoms with Crippen LogP contribution in [-0.4, -0.2) is 16.1 Å². The average molecular weight is 530 g/mol. The van der Waals surface area contributed by atoms with Crippen molar-refractivity contribution in [2.45, 2.75) is 10.3 Å². The summed E-state index contributed by atoms with van der Waals surface area (Å²) in [5, 5.41) is 5.84. The maximum atomic E-state index is 14.3. The molecule has 2 N–H and O–H groups in total. The zero-order chi connectivity index (χ0) is 23.9. The summed E-state index contributed by atoms with van der Waals surface area (Å²) in [6.45, 7) is 0. The number of carbonyl (C=O) groups is 2. The molecule has 4 nitrogen and oxygen atoms in total. The molecule has 0 heterocycles. The SMILES string of the molecule is O=C(Nc1ccc(F)cc1)c1cc(NC(=O)[C@@H]2[C@@H](c3cc(Cl)cc(Cl)c3)C2(Cl)Cl)ccc1F. The van der Waals surface area contributed by atoms with Crippen molar-refractivity contribution in [1.29, 1.82) is 0 Å². The Morgan fingerprint density at radius 3 is 2.06 bits per heavy atom. The monoisotopic (exact) mass is 528 g/mol. The molecule has 170 valence electrons. The van der Waals surface area contributed by atoms with Gasteiger partial charge in [-0.1, -0.05) is 23.2 Å². The number of halogens is 6. The van der Waals surface area contributed by atoms with E-state index in [2.05, 4.69) is 10.6 Å². The normalized spacial score (nSPS) is 18.5. The van der Waals surface area contributed by atoms with E-state index in [0.29, 0.717) is 15.6 Å². The molecule has 1 fully saturated rings. The van der Waals surface area contributed by atoms with Crippen molar-refractivity contribution in [3.8, 4) is 0 Å². The molecule has 3 aromatic rings. The predicted octanol–water partition coefficient (Wildman–Crippen LogP) is 7.05. The Morgan fingerprint density at radius 2 is 1.42 bits per heavy atom. The van der Waals surface area contributed by atoms with E-state index in [1.807, 2.05) is 0 Å². The van der Waals surface area contributed by atoms with E-state index in [1.165, 1.54) is 24.3 Å². The highest BCUT2D eigenvalue weighted by molar-refractivity contribution is 6.53. The summed E-state index contributed by atoms with van der Waals surface area (Å²) in [6.07, 6.45) is 0. The largest absolute Gasteiger partial charge is 0.326 e. The summed E-state index contributed by atoms with van der Waals surface area (Å²) >= 11 is 24.8. The van der Waals surface area contributed by atoms with Crippen molar-refractivity contribution >= 4 is 69.6 Å². The van der Waals surface area contributed by atoms with Gasteiger partial charge in [0, 0.05) is 27.3 Å². The Hall–Kier alpha value is -2.38. The predicted molar refractivity (Wildman–Crippen MR) is 127 cm³/mol. The van der Waals surface area contributed by atoms with Crippen molar-refractivity contribution < 1.29 is 18.4 Å². The number of carbonyl (C=O) groups excluding carboxylic acids is 2. The van der Waals surface area contributed by atoms with Gasteiger partial charge in [-0.05, 0) is 66.2 Å². The fourth-order valence-corrected chi connectivity index (χ4v) is 4.92. The standard InChI is InChI=1S/C23H14Cl4F2N2O2/c24-12-7-11(8-13(25)9-12)19-20(23(19,26)27)22(33)31-16-5-6-18(29)17(10-16)21(32)30-15-3-1-14(28)2-4-15/h1-10,19-20H,(H,30,32)(H,31,33)/t19-,20+/m1/s1. The number of benzene rings is 3. The van der Waals surface area contributed by atoms with Crippen molar-refractivity contribution in [2.75, 3.05) is 10.6 Å². The molecule has 1 saturated carbocycles. The minimum atomic E-state index is -1.39. The second-order valence-corrected chi connectivity index (χ2v) is 9.79. The maximum Gasteiger partial charge on any atom is 0.258 e. The van der Waals surface area contributed by atoms with Crippen LogP contribution in [0.2, 0.25) is 10.0 Å². The minimum absolute atomic E-state index is 0.171. The summed E-state index contributed by atoms with van der Waals surface area (Å²) in [4.78, 5) is 25.3. The molecule has 0 aromatic heterocycles. The molecule has 2 atom stereocenters. The molecule has 4 rings (SSSR count). The lowest BCUT2D eigenvalue weighted by molar-refractivity contribution is -0.117. The smallest absolute Gasteiger partial charge is 0.258 e. The summed E-state index contributed by atoms with van der Waals surface area (Å²) in [6, 6.07) is 13.3. The van der Waals surface area contributed by atoms with E-state index in [1.54, 1.807) is 18.2 Å². The van der Waals surface area contributed by atoms with Crippen molar-refractivity contribution in [1.82, 2.24) is 0 Å². The van der Waals surface area contributed by atoms with Crippen molar-refractivity contribution in [3.05, 3.63) is 93.5 Å². The number of nitrogens with one attached hydrogen (secondary N) is 2. The molecule has 0 saturated heterocycles. The molecule has 0 bridgehead atoms. The molecule has 33 heavy (non-hydrogen) atoms. The van der Waals surface area contributed by atoms with Gasteiger partial charge in [0.2, 0.25) is 5.91 Å². The Kier molecular flexibility index (Phi) is 6.56. The van der Waals surface area contributed by atoms with Gasteiger partial charge in [0.05, 0.1) is 11.5 Å². The zero-order valence-corrected chi connectivity index (χ0v) is 19.5. The molecule has 0 unspecified atom stereocenters. The minimum Gasteiger partial charge on any atom is -0.326 e. The molecule has 1 aliphatic carbocycles. The van der Waals surface area contributed by atoms with E-state index < -0.39 is 39.6 Å². The van der Waals surface area contributed by atoms with E-state index in [9.17, 15) is 18.4 Å². The molecule has 1 aliphatic rings. The first-order valence-corrected chi connectivity index (χ1v) is 11.1. The third kappa shape index (κ3) is 5.09. The summed E-state index contributed by atoms with van der Waals surface area (Å²) < 4.78 is 25.9. The Labute approximate surface area is 207 Å². The molecule has 3 aromatic carbocycles. The van der Waals surface area contributed by atoms with Gasteiger partial charge in [-0.25, -0.2) is 8.78 Å². The lowest BCUT2D eigenvalue weighted by Crippen LogP contribution is -2.18. The van der Waals surface area contributed by atoms with Crippen LogP contribution in [0.4, 0.5) is 20.2 Å². The Bertz CT molecular complexity index is 1230. The van der Waals surface area contributed by atoms with E-state index in [4.69, 9.17) is 46.4 Å². The van der Waals surface area contributed by atoms with E-state index in [-0.39, 0.29) is 16.9 Å². The molecular formula is C23H14Cl4F2N2O2. The number of hydrogen-bond acceptors (Lipinski definition) is 2. The fraction of sp³-hybridized carbons (Fsp3) is 0.130. The number of amides is 2. The lowest BCUT2D eigenvalue weighted by atomic mass is 10.1. The summed E-state index contributed by atoms with van der Waals surface area (Å²) in [5.74, 6) is -3.93. The van der Waals surface area contributed by atoms with Gasteiger partial charge in [0.25, 0.3) is 5.91 Å². The van der Waals surface area contributed by atoms with Gasteiger partial charge < -0.3 is 10.6 Å². The molecular weight excluding hydrogens is 516 g/mol. The van der Waals surface area contributed by atoms with Crippen LogP contribution >= 0.6 is 46.4 Å². The van der Waals surface area contributed by atoms with Crippen LogP contribution in [0.3, 0.4) is 0 Å². The lowest BCUT2D eigenvalue weighted by Gasteiger charge is -2.10. The van der Waals surface area contributed by atoms with Gasteiger partial charge in [0.1, 0.15) is 16.0 Å². The fourth-order valence-electron chi connectivity index (χ4n) is 3.55. The van der Waals surface area contributed by atoms with E-state index in [0.717, 1.165) is 18.2 Å². The first kappa shape index (κ1) is 23.8. The van der Waals surface area contributed by atoms with Crippen LogP contribution in [0.5, 0.6) is 0 Å². The van der Waals surface area contributed by atoms with Crippen LogP contribution in [-0.2, 0) is 4.79 Å². The Balaban J connectivity index is 1.50. The van der Waals surface area contributed by atoms with Crippen LogP contribution < -0.4 is 10.6 Å². The second kappa shape index (κ2) is 9.11. The average Bonchev–Trinajstić information content (AvgIpc) is 3.32. The van der Waals surface area contributed by atoms with Gasteiger partial charge in [-0.3, -0.25) is 9.59 Å². The van der Waals surface area contributed by atoms with Gasteiger partial charge in [-0.2, -0.15) is 0 Å². The summed E-state index contributed by atoms with van der Waals surface area (Å²) in [5.41, 5.74) is 0.750. The van der Waals surface area contributed by atoms with Crippen LogP contribution in [0, 0.1) is 17.6 Å². The Morgan fingerprint density at radius 1 is 0.818 bits per heavy atom. The van der Waals surface area contributed by atoms with E-state index >= 15 is 0 Å².